The topological polar surface area (TPSA) is 64.2 Å². The van der Waals surface area contributed by atoms with Gasteiger partial charge in [0, 0.05) is 32.4 Å². The molecule has 2 N–H and O–H groups in total. The van der Waals surface area contributed by atoms with E-state index < -0.39 is 0 Å². The standard InChI is InChI=1S/C10H16N4O/c1-3-9-8(6-13(2)12-9)10(15)14-4-7(11)5-14/h6-7H,3-5,11H2,1-2H3. The second-order valence-electron chi connectivity index (χ2n) is 3.99. The number of carbonyl (C=O) groups is 1. The Kier molecular flexibility index (Phi) is 2.48. The maximum Gasteiger partial charge on any atom is 0.257 e. The van der Waals surface area contributed by atoms with Crippen molar-refractivity contribution in [2.75, 3.05) is 13.1 Å². The quantitative estimate of drug-likeness (QED) is 0.730. The van der Waals surface area contributed by atoms with E-state index in [1.165, 1.54) is 0 Å². The Morgan fingerprint density at radius 3 is 2.87 bits per heavy atom. The third-order valence-corrected chi connectivity index (χ3v) is 2.67. The van der Waals surface area contributed by atoms with Gasteiger partial charge < -0.3 is 10.6 Å². The Hall–Kier alpha value is -1.36. The molecule has 82 valence electrons. The van der Waals surface area contributed by atoms with Gasteiger partial charge >= 0.3 is 0 Å². The zero-order chi connectivity index (χ0) is 11.0. The molecular formula is C10H16N4O. The van der Waals surface area contributed by atoms with Crippen molar-refractivity contribution < 1.29 is 4.79 Å². The third-order valence-electron chi connectivity index (χ3n) is 2.67. The second kappa shape index (κ2) is 3.66. The summed E-state index contributed by atoms with van der Waals surface area (Å²) in [6.07, 6.45) is 2.56. The molecule has 1 aromatic rings. The number of carbonyl (C=O) groups excluding carboxylic acids is 1. The fraction of sp³-hybridized carbons (Fsp3) is 0.600. The number of likely N-dealkylation sites (tertiary alicyclic amines) is 1. The van der Waals surface area contributed by atoms with E-state index in [4.69, 9.17) is 5.73 Å². The van der Waals surface area contributed by atoms with Crippen molar-refractivity contribution in [3.63, 3.8) is 0 Å². The monoisotopic (exact) mass is 208 g/mol. The number of hydrogen-bond acceptors (Lipinski definition) is 3. The Morgan fingerprint density at radius 1 is 1.67 bits per heavy atom. The van der Waals surface area contributed by atoms with Gasteiger partial charge in [0.25, 0.3) is 5.91 Å². The van der Waals surface area contributed by atoms with E-state index in [1.807, 2.05) is 14.0 Å². The molecule has 5 nitrogen and oxygen atoms in total. The van der Waals surface area contributed by atoms with Crippen LogP contribution in [0, 0.1) is 0 Å². The minimum atomic E-state index is 0.0571. The first kappa shape index (κ1) is 10.2. The lowest BCUT2D eigenvalue weighted by molar-refractivity contribution is 0.0607. The summed E-state index contributed by atoms with van der Waals surface area (Å²) in [6, 6.07) is 0.149. The van der Waals surface area contributed by atoms with E-state index in [2.05, 4.69) is 5.10 Å². The molecule has 0 aromatic carbocycles. The van der Waals surface area contributed by atoms with Crippen molar-refractivity contribution in [3.05, 3.63) is 17.5 Å². The third kappa shape index (κ3) is 1.74. The largest absolute Gasteiger partial charge is 0.335 e. The van der Waals surface area contributed by atoms with E-state index in [9.17, 15) is 4.79 Å². The lowest BCUT2D eigenvalue weighted by Gasteiger charge is -2.36. The van der Waals surface area contributed by atoms with Gasteiger partial charge in [0.05, 0.1) is 11.3 Å². The van der Waals surface area contributed by atoms with Gasteiger partial charge in [-0.2, -0.15) is 5.10 Å². The number of rotatable bonds is 2. The Labute approximate surface area is 88.8 Å². The Morgan fingerprint density at radius 2 is 2.33 bits per heavy atom. The van der Waals surface area contributed by atoms with Gasteiger partial charge in [-0.25, -0.2) is 0 Å². The molecule has 5 heteroatoms. The molecule has 2 heterocycles. The Balaban J connectivity index is 2.17. The lowest BCUT2D eigenvalue weighted by atomic mass is 10.1. The molecule has 0 bridgehead atoms. The summed E-state index contributed by atoms with van der Waals surface area (Å²) < 4.78 is 1.69. The Bertz CT molecular complexity index is 379. The van der Waals surface area contributed by atoms with E-state index in [-0.39, 0.29) is 11.9 Å². The van der Waals surface area contributed by atoms with Gasteiger partial charge in [-0.3, -0.25) is 9.48 Å². The summed E-state index contributed by atoms with van der Waals surface area (Å²) in [7, 11) is 1.83. The number of aromatic nitrogens is 2. The van der Waals surface area contributed by atoms with Gasteiger partial charge in [-0.15, -0.1) is 0 Å². The smallest absolute Gasteiger partial charge is 0.257 e. The van der Waals surface area contributed by atoms with Gasteiger partial charge in [0.1, 0.15) is 0 Å². The van der Waals surface area contributed by atoms with E-state index in [0.717, 1.165) is 12.1 Å². The van der Waals surface area contributed by atoms with E-state index in [1.54, 1.807) is 15.8 Å². The molecule has 1 amide bonds. The van der Waals surface area contributed by atoms with E-state index >= 15 is 0 Å². The van der Waals surface area contributed by atoms with E-state index in [0.29, 0.717) is 18.7 Å². The minimum absolute atomic E-state index is 0.0571. The molecule has 0 unspecified atom stereocenters. The van der Waals surface area contributed by atoms with Crippen molar-refractivity contribution in [2.45, 2.75) is 19.4 Å². The predicted molar refractivity (Wildman–Crippen MR) is 56.5 cm³/mol. The van der Waals surface area contributed by atoms with Gasteiger partial charge in [-0.1, -0.05) is 6.92 Å². The number of hydrogen-bond donors (Lipinski definition) is 1. The summed E-state index contributed by atoms with van der Waals surface area (Å²) >= 11 is 0. The van der Waals surface area contributed by atoms with Crippen LogP contribution in [-0.2, 0) is 13.5 Å². The molecule has 1 aromatic heterocycles. The number of amides is 1. The molecule has 1 aliphatic heterocycles. The van der Waals surface area contributed by atoms with Crippen LogP contribution in [0.4, 0.5) is 0 Å². The summed E-state index contributed by atoms with van der Waals surface area (Å²) in [4.78, 5) is 13.7. The maximum absolute atomic E-state index is 12.0. The summed E-state index contributed by atoms with van der Waals surface area (Å²) in [6.45, 7) is 3.33. The highest BCUT2D eigenvalue weighted by Crippen LogP contribution is 2.15. The lowest BCUT2D eigenvalue weighted by Crippen LogP contribution is -2.57. The molecule has 0 saturated carbocycles. The second-order valence-corrected chi connectivity index (χ2v) is 3.99. The van der Waals surface area contributed by atoms with Crippen LogP contribution in [-0.4, -0.2) is 39.7 Å². The van der Waals surface area contributed by atoms with Crippen molar-refractivity contribution in [1.82, 2.24) is 14.7 Å². The SMILES string of the molecule is CCc1nn(C)cc1C(=O)N1CC(N)C1. The number of nitrogens with zero attached hydrogens (tertiary/aromatic N) is 3. The average Bonchev–Trinajstić information content (AvgIpc) is 2.53. The zero-order valence-electron chi connectivity index (χ0n) is 9.10. The molecular weight excluding hydrogens is 192 g/mol. The molecule has 15 heavy (non-hydrogen) atoms. The molecule has 1 aliphatic rings. The van der Waals surface area contributed by atoms with Crippen molar-refractivity contribution >= 4 is 5.91 Å². The van der Waals surface area contributed by atoms with Crippen LogP contribution in [0.1, 0.15) is 23.0 Å². The molecule has 0 atom stereocenters. The van der Waals surface area contributed by atoms with Crippen LogP contribution in [0.15, 0.2) is 6.20 Å². The van der Waals surface area contributed by atoms with Crippen molar-refractivity contribution in [2.24, 2.45) is 12.8 Å². The van der Waals surface area contributed by atoms with Crippen LogP contribution in [0.25, 0.3) is 0 Å². The van der Waals surface area contributed by atoms with Gasteiger partial charge in [-0.05, 0) is 6.42 Å². The van der Waals surface area contributed by atoms with Crippen molar-refractivity contribution in [3.8, 4) is 0 Å². The normalized spacial score (nSPS) is 16.6. The summed E-state index contributed by atoms with van der Waals surface area (Å²) in [5, 5.41) is 4.25. The first-order valence-electron chi connectivity index (χ1n) is 5.19. The fourth-order valence-corrected chi connectivity index (χ4v) is 1.82. The van der Waals surface area contributed by atoms with Crippen LogP contribution in [0.2, 0.25) is 0 Å². The highest BCUT2D eigenvalue weighted by Gasteiger charge is 2.30. The molecule has 0 radical (unpaired) electrons. The predicted octanol–water partition coefficient (Wildman–Crippen LogP) is -0.234. The highest BCUT2D eigenvalue weighted by atomic mass is 16.2. The van der Waals surface area contributed by atoms with Gasteiger partial charge in [0.15, 0.2) is 0 Å². The van der Waals surface area contributed by atoms with Gasteiger partial charge in [0.2, 0.25) is 0 Å². The van der Waals surface area contributed by atoms with Crippen molar-refractivity contribution in [1.29, 1.82) is 0 Å². The molecule has 0 spiro atoms. The van der Waals surface area contributed by atoms with Crippen LogP contribution in [0.3, 0.4) is 0 Å². The summed E-state index contributed by atoms with van der Waals surface area (Å²) in [5.74, 6) is 0.0571. The molecule has 2 rings (SSSR count). The van der Waals surface area contributed by atoms with Crippen LogP contribution in [0.5, 0.6) is 0 Å². The molecule has 0 aliphatic carbocycles. The van der Waals surface area contributed by atoms with Crippen LogP contribution >= 0.6 is 0 Å². The first-order chi connectivity index (χ1) is 7.11. The maximum atomic E-state index is 12.0. The fourth-order valence-electron chi connectivity index (χ4n) is 1.82. The summed E-state index contributed by atoms with van der Waals surface area (Å²) in [5.41, 5.74) is 7.22. The number of nitrogens with two attached hydrogens (primary N) is 1. The molecule has 1 saturated heterocycles. The van der Waals surface area contributed by atoms with Crippen LogP contribution < -0.4 is 5.73 Å². The minimum Gasteiger partial charge on any atom is -0.335 e. The first-order valence-corrected chi connectivity index (χ1v) is 5.19. The molecule has 1 fully saturated rings. The average molecular weight is 208 g/mol. The highest BCUT2D eigenvalue weighted by molar-refractivity contribution is 5.95. The number of aryl methyl sites for hydroxylation is 2. The zero-order valence-corrected chi connectivity index (χ0v) is 9.10.